The zero-order valence-electron chi connectivity index (χ0n) is 10.7. The predicted octanol–water partition coefficient (Wildman–Crippen LogP) is 2.20. The number of amides is 1. The highest BCUT2D eigenvalue weighted by Crippen LogP contribution is 2.46. The normalized spacial score (nSPS) is 25.6. The standard InChI is InChI=1S/C14H21NO3/c1-2-6-14(7-4-8-14)13(18)15-9-3-5-11(15)10-12(16)17/h2,11H,1,3-10H2,(H,16,17). The zero-order valence-corrected chi connectivity index (χ0v) is 10.7. The molecule has 1 unspecified atom stereocenters. The minimum atomic E-state index is -0.814. The second-order valence-electron chi connectivity index (χ2n) is 5.52. The van der Waals surface area contributed by atoms with Crippen molar-refractivity contribution in [3.63, 3.8) is 0 Å². The summed E-state index contributed by atoms with van der Waals surface area (Å²) in [7, 11) is 0. The second kappa shape index (κ2) is 5.12. The van der Waals surface area contributed by atoms with Gasteiger partial charge in [-0.3, -0.25) is 9.59 Å². The van der Waals surface area contributed by atoms with E-state index in [1.807, 2.05) is 11.0 Å². The lowest BCUT2D eigenvalue weighted by Gasteiger charge is -2.43. The molecule has 18 heavy (non-hydrogen) atoms. The van der Waals surface area contributed by atoms with E-state index in [4.69, 9.17) is 5.11 Å². The van der Waals surface area contributed by atoms with Gasteiger partial charge in [0.25, 0.3) is 0 Å². The van der Waals surface area contributed by atoms with Gasteiger partial charge in [0.2, 0.25) is 5.91 Å². The number of nitrogens with zero attached hydrogens (tertiary/aromatic N) is 1. The third kappa shape index (κ3) is 2.28. The molecule has 0 bridgehead atoms. The van der Waals surface area contributed by atoms with Crippen LogP contribution in [-0.2, 0) is 9.59 Å². The lowest BCUT2D eigenvalue weighted by Crippen LogP contribution is -2.49. The second-order valence-corrected chi connectivity index (χ2v) is 5.52. The first-order valence-corrected chi connectivity index (χ1v) is 6.73. The van der Waals surface area contributed by atoms with Gasteiger partial charge in [0.15, 0.2) is 0 Å². The summed E-state index contributed by atoms with van der Waals surface area (Å²) in [5.41, 5.74) is -0.261. The topological polar surface area (TPSA) is 57.6 Å². The summed E-state index contributed by atoms with van der Waals surface area (Å²) in [4.78, 5) is 25.3. The molecule has 1 heterocycles. The fourth-order valence-corrected chi connectivity index (χ4v) is 3.21. The molecule has 0 radical (unpaired) electrons. The monoisotopic (exact) mass is 251 g/mol. The van der Waals surface area contributed by atoms with Crippen molar-refractivity contribution >= 4 is 11.9 Å². The third-order valence-corrected chi connectivity index (χ3v) is 4.35. The van der Waals surface area contributed by atoms with Crippen molar-refractivity contribution in [2.24, 2.45) is 5.41 Å². The third-order valence-electron chi connectivity index (χ3n) is 4.35. The van der Waals surface area contributed by atoms with Crippen LogP contribution in [0.15, 0.2) is 12.7 Å². The van der Waals surface area contributed by atoms with E-state index in [1.54, 1.807) is 0 Å². The lowest BCUT2D eigenvalue weighted by molar-refractivity contribution is -0.149. The minimum Gasteiger partial charge on any atom is -0.481 e. The molecule has 1 aliphatic heterocycles. The highest BCUT2D eigenvalue weighted by Gasteiger charge is 2.47. The largest absolute Gasteiger partial charge is 0.481 e. The summed E-state index contributed by atoms with van der Waals surface area (Å²) in [6.45, 7) is 4.46. The average molecular weight is 251 g/mol. The van der Waals surface area contributed by atoms with Crippen LogP contribution < -0.4 is 0 Å². The van der Waals surface area contributed by atoms with Gasteiger partial charge in [0.1, 0.15) is 0 Å². The number of hydrogen-bond donors (Lipinski definition) is 1. The number of carbonyl (C=O) groups excluding carboxylic acids is 1. The van der Waals surface area contributed by atoms with Gasteiger partial charge in [-0.1, -0.05) is 12.5 Å². The molecule has 100 valence electrons. The van der Waals surface area contributed by atoms with Crippen LogP contribution in [0.5, 0.6) is 0 Å². The summed E-state index contributed by atoms with van der Waals surface area (Å²) in [5.74, 6) is -0.650. The summed E-state index contributed by atoms with van der Waals surface area (Å²) in [6.07, 6.45) is 7.31. The van der Waals surface area contributed by atoms with E-state index in [1.165, 1.54) is 0 Å². The molecule has 2 fully saturated rings. The Morgan fingerprint density at radius 1 is 1.39 bits per heavy atom. The molecular weight excluding hydrogens is 230 g/mol. The van der Waals surface area contributed by atoms with E-state index in [0.29, 0.717) is 0 Å². The van der Waals surface area contributed by atoms with E-state index in [0.717, 1.165) is 45.1 Å². The Labute approximate surface area is 108 Å². The van der Waals surface area contributed by atoms with Crippen LogP contribution in [0, 0.1) is 5.41 Å². The SMILES string of the molecule is C=CCC1(C(=O)N2CCCC2CC(=O)O)CCC1. The van der Waals surface area contributed by atoms with Crippen LogP contribution in [0.25, 0.3) is 0 Å². The van der Waals surface area contributed by atoms with E-state index in [-0.39, 0.29) is 23.8 Å². The summed E-state index contributed by atoms with van der Waals surface area (Å²) in [6, 6.07) is -0.0997. The number of carboxylic acids is 1. The van der Waals surface area contributed by atoms with Crippen molar-refractivity contribution < 1.29 is 14.7 Å². The summed E-state index contributed by atoms with van der Waals surface area (Å²) >= 11 is 0. The molecule has 2 rings (SSSR count). The fourth-order valence-electron chi connectivity index (χ4n) is 3.21. The van der Waals surface area contributed by atoms with Crippen LogP contribution in [0.1, 0.15) is 44.9 Å². The molecule has 1 atom stereocenters. The van der Waals surface area contributed by atoms with Gasteiger partial charge in [-0.2, -0.15) is 0 Å². The predicted molar refractivity (Wildman–Crippen MR) is 68.1 cm³/mol. The number of likely N-dealkylation sites (tertiary alicyclic amines) is 1. The van der Waals surface area contributed by atoms with Crippen LogP contribution >= 0.6 is 0 Å². The molecule has 1 saturated carbocycles. The Kier molecular flexibility index (Phi) is 3.73. The maximum absolute atomic E-state index is 12.6. The van der Waals surface area contributed by atoms with E-state index in [2.05, 4.69) is 6.58 Å². The number of hydrogen-bond acceptors (Lipinski definition) is 2. The van der Waals surface area contributed by atoms with Gasteiger partial charge in [-0.25, -0.2) is 0 Å². The number of aliphatic carboxylic acids is 1. The quantitative estimate of drug-likeness (QED) is 0.762. The molecular formula is C14H21NO3. The number of allylic oxidation sites excluding steroid dienone is 1. The lowest BCUT2D eigenvalue weighted by atomic mass is 9.65. The van der Waals surface area contributed by atoms with Gasteiger partial charge < -0.3 is 10.0 Å². The highest BCUT2D eigenvalue weighted by atomic mass is 16.4. The first-order chi connectivity index (χ1) is 8.59. The fraction of sp³-hybridized carbons (Fsp3) is 0.714. The average Bonchev–Trinajstić information content (AvgIpc) is 2.69. The van der Waals surface area contributed by atoms with Crippen molar-refractivity contribution in [3.8, 4) is 0 Å². The van der Waals surface area contributed by atoms with Crippen LogP contribution in [0.4, 0.5) is 0 Å². The van der Waals surface area contributed by atoms with Crippen molar-refractivity contribution in [1.82, 2.24) is 4.90 Å². The maximum Gasteiger partial charge on any atom is 0.305 e. The molecule has 1 saturated heterocycles. The van der Waals surface area contributed by atoms with Crippen molar-refractivity contribution in [2.75, 3.05) is 6.54 Å². The first-order valence-electron chi connectivity index (χ1n) is 6.73. The molecule has 0 spiro atoms. The Hall–Kier alpha value is -1.32. The maximum atomic E-state index is 12.6. The number of carbonyl (C=O) groups is 2. The van der Waals surface area contributed by atoms with Crippen LogP contribution in [0.2, 0.25) is 0 Å². The van der Waals surface area contributed by atoms with Crippen LogP contribution in [0.3, 0.4) is 0 Å². The van der Waals surface area contributed by atoms with Gasteiger partial charge in [0, 0.05) is 12.6 Å². The van der Waals surface area contributed by atoms with Crippen LogP contribution in [-0.4, -0.2) is 34.5 Å². The van der Waals surface area contributed by atoms with Gasteiger partial charge in [0.05, 0.1) is 11.8 Å². The zero-order chi connectivity index (χ0) is 13.2. The Morgan fingerprint density at radius 3 is 2.61 bits per heavy atom. The van der Waals surface area contributed by atoms with E-state index in [9.17, 15) is 9.59 Å². The summed E-state index contributed by atoms with van der Waals surface area (Å²) in [5, 5.41) is 8.90. The van der Waals surface area contributed by atoms with Gasteiger partial charge >= 0.3 is 5.97 Å². The molecule has 2 aliphatic rings. The Morgan fingerprint density at radius 2 is 2.11 bits per heavy atom. The van der Waals surface area contributed by atoms with Gasteiger partial charge in [-0.05, 0) is 32.1 Å². The van der Waals surface area contributed by atoms with Crippen molar-refractivity contribution in [3.05, 3.63) is 12.7 Å². The first kappa shape index (κ1) is 13.1. The van der Waals surface area contributed by atoms with E-state index < -0.39 is 5.97 Å². The van der Waals surface area contributed by atoms with E-state index >= 15 is 0 Å². The number of carboxylic acid groups (broad SMARTS) is 1. The molecule has 1 amide bonds. The molecule has 0 aromatic carbocycles. The number of rotatable bonds is 5. The van der Waals surface area contributed by atoms with Crippen molar-refractivity contribution in [1.29, 1.82) is 0 Å². The summed E-state index contributed by atoms with van der Waals surface area (Å²) < 4.78 is 0. The molecule has 4 nitrogen and oxygen atoms in total. The smallest absolute Gasteiger partial charge is 0.305 e. The molecule has 0 aromatic heterocycles. The molecule has 4 heteroatoms. The molecule has 1 N–H and O–H groups in total. The molecule has 0 aromatic rings. The Balaban J connectivity index is 2.07. The Bertz CT molecular complexity index is 360. The minimum absolute atomic E-state index is 0.0793. The molecule has 1 aliphatic carbocycles. The van der Waals surface area contributed by atoms with Crippen molar-refractivity contribution in [2.45, 2.75) is 51.0 Å². The van der Waals surface area contributed by atoms with Gasteiger partial charge in [-0.15, -0.1) is 6.58 Å². The highest BCUT2D eigenvalue weighted by molar-refractivity contribution is 5.85.